The van der Waals surface area contributed by atoms with E-state index in [1.165, 1.54) is 0 Å². The third kappa shape index (κ3) is 4.26. The molecule has 6 heteroatoms. The van der Waals surface area contributed by atoms with E-state index in [0.29, 0.717) is 17.9 Å². The first-order chi connectivity index (χ1) is 12.6. The number of hydrogen-bond acceptors (Lipinski definition) is 6. The fraction of sp³-hybridized carbons (Fsp3) is 0.100. The molecular weight excluding hydrogens is 328 g/mol. The summed E-state index contributed by atoms with van der Waals surface area (Å²) in [5.41, 5.74) is 2.52. The van der Waals surface area contributed by atoms with Crippen LogP contribution in [0.2, 0.25) is 0 Å². The molecule has 1 N–H and O–H groups in total. The zero-order chi connectivity index (χ0) is 18.9. The maximum Gasteiger partial charge on any atom is 0.338 e. The molecule has 0 atom stereocenters. The fourth-order valence-electron chi connectivity index (χ4n) is 2.19. The normalized spacial score (nSPS) is 9.15. The summed E-state index contributed by atoms with van der Waals surface area (Å²) in [7, 11) is 0. The highest BCUT2D eigenvalue weighted by atomic mass is 16.5. The monoisotopic (exact) mass is 342 g/mol. The van der Waals surface area contributed by atoms with Gasteiger partial charge in [0.1, 0.15) is 23.9 Å². The van der Waals surface area contributed by atoms with Crippen LogP contribution in [0, 0.1) is 34.0 Å². The number of carbonyl (C=O) groups excluding carboxylic acids is 1. The number of anilines is 1. The molecule has 0 spiro atoms. The Kier molecular flexibility index (Phi) is 6.10. The molecule has 2 rings (SSSR count). The van der Waals surface area contributed by atoms with Gasteiger partial charge in [0.2, 0.25) is 0 Å². The third-order valence-electron chi connectivity index (χ3n) is 3.47. The van der Waals surface area contributed by atoms with Crippen molar-refractivity contribution in [3.63, 3.8) is 0 Å². The summed E-state index contributed by atoms with van der Waals surface area (Å²) in [6.07, 6.45) is 0. The van der Waals surface area contributed by atoms with E-state index >= 15 is 0 Å². The maximum atomic E-state index is 11.7. The zero-order valence-electron chi connectivity index (χ0n) is 14.0. The number of hydrogen-bond donors (Lipinski definition) is 1. The van der Waals surface area contributed by atoms with Crippen LogP contribution in [0.3, 0.4) is 0 Å². The van der Waals surface area contributed by atoms with E-state index in [9.17, 15) is 4.79 Å². The van der Waals surface area contributed by atoms with E-state index in [2.05, 4.69) is 5.32 Å². The minimum atomic E-state index is -0.361. The Bertz CT molecular complexity index is 937. The summed E-state index contributed by atoms with van der Waals surface area (Å²) in [5, 5.41) is 29.5. The SMILES string of the molecule is CCOC(=O)c1ccc(-c2ccc(NC(C#N)=C(C#N)C#N)cc2)cc1. The van der Waals surface area contributed by atoms with Gasteiger partial charge in [-0.25, -0.2) is 4.79 Å². The van der Waals surface area contributed by atoms with E-state index in [1.54, 1.807) is 49.4 Å². The van der Waals surface area contributed by atoms with Crippen molar-refractivity contribution in [1.29, 1.82) is 15.8 Å². The number of benzene rings is 2. The van der Waals surface area contributed by atoms with Crippen molar-refractivity contribution >= 4 is 11.7 Å². The van der Waals surface area contributed by atoms with Crippen LogP contribution in [-0.4, -0.2) is 12.6 Å². The Balaban J connectivity index is 2.19. The van der Waals surface area contributed by atoms with Crippen LogP contribution in [-0.2, 0) is 4.74 Å². The quantitative estimate of drug-likeness (QED) is 0.654. The first-order valence-corrected chi connectivity index (χ1v) is 7.72. The molecule has 0 amide bonds. The lowest BCUT2D eigenvalue weighted by atomic mass is 10.0. The first kappa shape index (κ1) is 18.3. The fourth-order valence-corrected chi connectivity index (χ4v) is 2.19. The van der Waals surface area contributed by atoms with Crippen molar-refractivity contribution in [2.24, 2.45) is 0 Å². The molecule has 0 saturated carbocycles. The molecule has 6 nitrogen and oxygen atoms in total. The second kappa shape index (κ2) is 8.68. The van der Waals surface area contributed by atoms with Crippen LogP contribution < -0.4 is 5.32 Å². The number of carbonyl (C=O) groups is 1. The van der Waals surface area contributed by atoms with Gasteiger partial charge in [0.05, 0.1) is 12.2 Å². The largest absolute Gasteiger partial charge is 0.462 e. The first-order valence-electron chi connectivity index (χ1n) is 7.72. The van der Waals surface area contributed by atoms with Gasteiger partial charge in [0, 0.05) is 5.69 Å². The van der Waals surface area contributed by atoms with Crippen molar-refractivity contribution in [1.82, 2.24) is 0 Å². The molecule has 126 valence electrons. The highest BCUT2D eigenvalue weighted by molar-refractivity contribution is 5.90. The Morgan fingerprint density at radius 1 is 0.923 bits per heavy atom. The molecule has 0 aromatic heterocycles. The average molecular weight is 342 g/mol. The lowest BCUT2D eigenvalue weighted by molar-refractivity contribution is 0.0526. The van der Waals surface area contributed by atoms with Crippen LogP contribution in [0.1, 0.15) is 17.3 Å². The molecule has 0 aliphatic carbocycles. The lowest BCUT2D eigenvalue weighted by Crippen LogP contribution is -2.04. The average Bonchev–Trinajstić information content (AvgIpc) is 2.69. The maximum absolute atomic E-state index is 11.7. The second-order valence-electron chi connectivity index (χ2n) is 5.09. The third-order valence-corrected chi connectivity index (χ3v) is 3.47. The number of ether oxygens (including phenoxy) is 1. The number of nitrogens with one attached hydrogen (secondary N) is 1. The highest BCUT2D eigenvalue weighted by Crippen LogP contribution is 2.23. The Labute approximate surface area is 151 Å². The van der Waals surface area contributed by atoms with Gasteiger partial charge in [0.25, 0.3) is 0 Å². The summed E-state index contributed by atoms with van der Waals surface area (Å²) in [6, 6.07) is 19.3. The molecule has 2 aromatic carbocycles. The Hall–Kier alpha value is -4.08. The number of allylic oxidation sites excluding steroid dienone is 2. The number of esters is 1. The van der Waals surface area contributed by atoms with Gasteiger partial charge in [-0.2, -0.15) is 15.8 Å². The van der Waals surface area contributed by atoms with Crippen LogP contribution in [0.4, 0.5) is 5.69 Å². The van der Waals surface area contributed by atoms with Crippen molar-refractivity contribution in [2.75, 3.05) is 11.9 Å². The van der Waals surface area contributed by atoms with Gasteiger partial charge in [-0.05, 0) is 42.3 Å². The highest BCUT2D eigenvalue weighted by Gasteiger charge is 2.08. The predicted molar refractivity (Wildman–Crippen MR) is 95.3 cm³/mol. The van der Waals surface area contributed by atoms with Gasteiger partial charge in [0.15, 0.2) is 5.57 Å². The van der Waals surface area contributed by atoms with E-state index < -0.39 is 0 Å². The molecule has 0 aliphatic heterocycles. The van der Waals surface area contributed by atoms with Crippen molar-refractivity contribution < 1.29 is 9.53 Å². The van der Waals surface area contributed by atoms with Crippen LogP contribution in [0.25, 0.3) is 11.1 Å². The number of rotatable bonds is 5. The molecule has 0 heterocycles. The van der Waals surface area contributed by atoms with E-state index in [0.717, 1.165) is 11.1 Å². The Morgan fingerprint density at radius 2 is 1.46 bits per heavy atom. The molecule has 26 heavy (non-hydrogen) atoms. The van der Waals surface area contributed by atoms with Crippen molar-refractivity contribution in [3.05, 3.63) is 65.4 Å². The summed E-state index contributed by atoms with van der Waals surface area (Å²) in [6.45, 7) is 2.08. The van der Waals surface area contributed by atoms with Gasteiger partial charge in [-0.15, -0.1) is 0 Å². The molecule has 0 aliphatic rings. The van der Waals surface area contributed by atoms with Crippen molar-refractivity contribution in [3.8, 4) is 29.3 Å². The van der Waals surface area contributed by atoms with Gasteiger partial charge < -0.3 is 10.1 Å². The minimum Gasteiger partial charge on any atom is -0.462 e. The topological polar surface area (TPSA) is 110 Å². The van der Waals surface area contributed by atoms with Crippen molar-refractivity contribution in [2.45, 2.75) is 6.92 Å². The second-order valence-corrected chi connectivity index (χ2v) is 5.09. The zero-order valence-corrected chi connectivity index (χ0v) is 14.0. The summed E-state index contributed by atoms with van der Waals surface area (Å²) in [4.78, 5) is 11.7. The molecule has 0 saturated heterocycles. The molecule has 2 aromatic rings. The standard InChI is InChI=1S/C20H14N4O2/c1-2-26-20(25)16-5-3-14(4-6-16)15-7-9-18(10-8-15)24-19(13-23)17(11-21)12-22/h3-10,24H,2H2,1H3. The minimum absolute atomic E-state index is 0.0958. The van der Waals surface area contributed by atoms with E-state index in [-0.39, 0.29) is 17.2 Å². The predicted octanol–water partition coefficient (Wildman–Crippen LogP) is 3.77. The van der Waals surface area contributed by atoms with E-state index in [1.807, 2.05) is 24.3 Å². The van der Waals surface area contributed by atoms with Gasteiger partial charge in [-0.3, -0.25) is 0 Å². The van der Waals surface area contributed by atoms with Gasteiger partial charge >= 0.3 is 5.97 Å². The van der Waals surface area contributed by atoms with Crippen LogP contribution >= 0.6 is 0 Å². The Morgan fingerprint density at radius 3 is 1.92 bits per heavy atom. The number of nitrogens with zero attached hydrogens (tertiary/aromatic N) is 3. The summed E-state index contributed by atoms with van der Waals surface area (Å²) in [5.74, 6) is -0.361. The van der Waals surface area contributed by atoms with Gasteiger partial charge in [-0.1, -0.05) is 24.3 Å². The lowest BCUT2D eigenvalue weighted by Gasteiger charge is -2.07. The van der Waals surface area contributed by atoms with Crippen LogP contribution in [0.15, 0.2) is 59.8 Å². The molecule has 0 fully saturated rings. The smallest absolute Gasteiger partial charge is 0.338 e. The number of nitriles is 3. The van der Waals surface area contributed by atoms with Crippen LogP contribution in [0.5, 0.6) is 0 Å². The molecule has 0 radical (unpaired) electrons. The summed E-state index contributed by atoms with van der Waals surface area (Å²) >= 11 is 0. The molecule has 0 bridgehead atoms. The summed E-state index contributed by atoms with van der Waals surface area (Å²) < 4.78 is 4.95. The van der Waals surface area contributed by atoms with E-state index in [4.69, 9.17) is 20.5 Å². The molecular formula is C20H14N4O2. The molecule has 0 unspecified atom stereocenters.